The summed E-state index contributed by atoms with van der Waals surface area (Å²) in [6.45, 7) is 1.77. The lowest BCUT2D eigenvalue weighted by atomic mass is 9.91. The third-order valence-electron chi connectivity index (χ3n) is 6.19. The molecule has 33 heavy (non-hydrogen) atoms. The lowest BCUT2D eigenvalue weighted by Crippen LogP contribution is -2.49. The van der Waals surface area contributed by atoms with Crippen molar-refractivity contribution >= 4 is 23.5 Å². The molecule has 7 heteroatoms. The van der Waals surface area contributed by atoms with Gasteiger partial charge >= 0.3 is 5.97 Å². The molecule has 0 bridgehead atoms. The monoisotopic (exact) mass is 463 g/mol. The van der Waals surface area contributed by atoms with Crippen molar-refractivity contribution in [2.45, 2.75) is 37.5 Å². The Kier molecular flexibility index (Phi) is 5.25. The molecule has 3 aromatic carbocycles. The molecule has 3 aromatic rings. The van der Waals surface area contributed by atoms with Gasteiger partial charge in [-0.3, -0.25) is 4.79 Å². The van der Waals surface area contributed by atoms with E-state index in [1.54, 1.807) is 37.3 Å². The highest BCUT2D eigenvalue weighted by Crippen LogP contribution is 2.42. The van der Waals surface area contributed by atoms with Crippen molar-refractivity contribution in [2.75, 3.05) is 0 Å². The van der Waals surface area contributed by atoms with Gasteiger partial charge in [0.1, 0.15) is 17.6 Å². The SMILES string of the molecule is C[C@@]1(C(=O)N[C@@H]2C[C@H](c3cccc(C(=O)O)c3)Oc3ccccc32)Cc2cc(Cl)ccc2O1. The van der Waals surface area contributed by atoms with Crippen LogP contribution in [0.3, 0.4) is 0 Å². The molecule has 0 fully saturated rings. The number of fused-ring (bicyclic) bond motifs is 2. The number of halogens is 1. The third kappa shape index (κ3) is 4.02. The molecule has 0 aromatic heterocycles. The van der Waals surface area contributed by atoms with Gasteiger partial charge in [-0.1, -0.05) is 41.9 Å². The number of carbonyl (C=O) groups excluding carboxylic acids is 1. The van der Waals surface area contributed by atoms with E-state index in [9.17, 15) is 14.7 Å². The van der Waals surface area contributed by atoms with Crippen LogP contribution in [-0.2, 0) is 11.2 Å². The molecule has 0 saturated carbocycles. The van der Waals surface area contributed by atoms with Crippen molar-refractivity contribution in [3.8, 4) is 11.5 Å². The van der Waals surface area contributed by atoms with Crippen molar-refractivity contribution in [1.29, 1.82) is 0 Å². The first-order valence-corrected chi connectivity index (χ1v) is 11.1. The van der Waals surface area contributed by atoms with E-state index >= 15 is 0 Å². The van der Waals surface area contributed by atoms with Crippen molar-refractivity contribution in [3.63, 3.8) is 0 Å². The molecule has 168 valence electrons. The van der Waals surface area contributed by atoms with Gasteiger partial charge in [-0.15, -0.1) is 0 Å². The summed E-state index contributed by atoms with van der Waals surface area (Å²) in [5, 5.41) is 13.1. The first-order valence-electron chi connectivity index (χ1n) is 10.7. The molecular formula is C26H22ClNO5. The fourth-order valence-electron chi connectivity index (χ4n) is 4.50. The number of hydrogen-bond donors (Lipinski definition) is 2. The minimum Gasteiger partial charge on any atom is -0.485 e. The molecule has 6 nitrogen and oxygen atoms in total. The Balaban J connectivity index is 1.41. The van der Waals surface area contributed by atoms with Crippen LogP contribution < -0.4 is 14.8 Å². The van der Waals surface area contributed by atoms with E-state index in [-0.39, 0.29) is 17.5 Å². The largest absolute Gasteiger partial charge is 0.485 e. The predicted octanol–water partition coefficient (Wildman–Crippen LogP) is 5.11. The van der Waals surface area contributed by atoms with Crippen molar-refractivity contribution < 1.29 is 24.2 Å². The number of aromatic carboxylic acids is 1. The summed E-state index contributed by atoms with van der Waals surface area (Å²) < 4.78 is 12.2. The quantitative estimate of drug-likeness (QED) is 0.561. The van der Waals surface area contributed by atoms with Crippen LogP contribution in [0.15, 0.2) is 66.7 Å². The number of nitrogens with one attached hydrogen (secondary N) is 1. The highest BCUT2D eigenvalue weighted by Gasteiger charge is 2.43. The van der Waals surface area contributed by atoms with Crippen molar-refractivity contribution in [3.05, 3.63) is 94.0 Å². The Morgan fingerprint density at radius 1 is 1.06 bits per heavy atom. The summed E-state index contributed by atoms with van der Waals surface area (Å²) in [5.41, 5.74) is 1.65. The number of benzene rings is 3. The molecule has 0 aliphatic carbocycles. The summed E-state index contributed by atoms with van der Waals surface area (Å²) in [6, 6.07) is 19.3. The average Bonchev–Trinajstić information content (AvgIpc) is 3.15. The number of carboxylic acids is 1. The number of rotatable bonds is 4. The number of carboxylic acid groups (broad SMARTS) is 1. The van der Waals surface area contributed by atoms with Crippen LogP contribution in [0.2, 0.25) is 5.02 Å². The zero-order valence-electron chi connectivity index (χ0n) is 17.9. The van der Waals surface area contributed by atoms with Gasteiger partial charge in [-0.05, 0) is 48.9 Å². The van der Waals surface area contributed by atoms with E-state index < -0.39 is 17.7 Å². The van der Waals surface area contributed by atoms with E-state index in [2.05, 4.69) is 5.32 Å². The molecule has 0 radical (unpaired) electrons. The Morgan fingerprint density at radius 3 is 2.70 bits per heavy atom. The maximum Gasteiger partial charge on any atom is 0.335 e. The third-order valence-corrected chi connectivity index (χ3v) is 6.43. The molecule has 0 saturated heterocycles. The van der Waals surface area contributed by atoms with Gasteiger partial charge in [0.15, 0.2) is 5.60 Å². The lowest BCUT2D eigenvalue weighted by Gasteiger charge is -2.34. The predicted molar refractivity (Wildman–Crippen MR) is 123 cm³/mol. The van der Waals surface area contributed by atoms with Crippen LogP contribution >= 0.6 is 11.6 Å². The first-order chi connectivity index (χ1) is 15.8. The van der Waals surface area contributed by atoms with E-state index in [0.29, 0.717) is 29.4 Å². The highest BCUT2D eigenvalue weighted by atomic mass is 35.5. The molecule has 0 unspecified atom stereocenters. The maximum absolute atomic E-state index is 13.4. The van der Waals surface area contributed by atoms with Crippen molar-refractivity contribution in [1.82, 2.24) is 5.32 Å². The fourth-order valence-corrected chi connectivity index (χ4v) is 4.69. The van der Waals surface area contributed by atoms with Crippen LogP contribution in [0.25, 0.3) is 0 Å². The number of para-hydroxylation sites is 1. The molecule has 2 N–H and O–H groups in total. The summed E-state index contributed by atoms with van der Waals surface area (Å²) in [7, 11) is 0. The minimum absolute atomic E-state index is 0.193. The van der Waals surface area contributed by atoms with E-state index in [1.165, 1.54) is 0 Å². The van der Waals surface area contributed by atoms with Crippen LogP contribution in [0.1, 0.15) is 52.5 Å². The Morgan fingerprint density at radius 2 is 1.88 bits per heavy atom. The Bertz CT molecular complexity index is 1260. The second-order valence-corrected chi connectivity index (χ2v) is 9.03. The van der Waals surface area contributed by atoms with Gasteiger partial charge in [0, 0.05) is 29.0 Å². The summed E-state index contributed by atoms with van der Waals surface area (Å²) in [6.07, 6.45) is 0.475. The Hall–Kier alpha value is -3.51. The second kappa shape index (κ2) is 8.12. The molecule has 2 aliphatic heterocycles. The van der Waals surface area contributed by atoms with Gasteiger partial charge < -0.3 is 19.9 Å². The number of hydrogen-bond acceptors (Lipinski definition) is 4. The van der Waals surface area contributed by atoms with E-state index in [0.717, 1.165) is 16.7 Å². The maximum atomic E-state index is 13.4. The van der Waals surface area contributed by atoms with Crippen LogP contribution in [0.4, 0.5) is 0 Å². The zero-order valence-corrected chi connectivity index (χ0v) is 18.6. The number of amides is 1. The van der Waals surface area contributed by atoms with Gasteiger partial charge in [-0.2, -0.15) is 0 Å². The van der Waals surface area contributed by atoms with E-state index in [1.807, 2.05) is 36.4 Å². The molecular weight excluding hydrogens is 442 g/mol. The van der Waals surface area contributed by atoms with Gasteiger partial charge in [0.05, 0.1) is 11.6 Å². The van der Waals surface area contributed by atoms with Gasteiger partial charge in [0.2, 0.25) is 0 Å². The molecule has 5 rings (SSSR count). The lowest BCUT2D eigenvalue weighted by molar-refractivity contribution is -0.135. The first kappa shape index (κ1) is 21.3. The van der Waals surface area contributed by atoms with Crippen LogP contribution in [0, 0.1) is 0 Å². The smallest absolute Gasteiger partial charge is 0.335 e. The highest BCUT2D eigenvalue weighted by molar-refractivity contribution is 6.30. The summed E-state index contributed by atoms with van der Waals surface area (Å²) in [4.78, 5) is 24.8. The van der Waals surface area contributed by atoms with Crippen LogP contribution in [0.5, 0.6) is 11.5 Å². The minimum atomic E-state index is -1.06. The van der Waals surface area contributed by atoms with Gasteiger partial charge in [0.25, 0.3) is 5.91 Å². The number of ether oxygens (including phenoxy) is 2. The van der Waals surface area contributed by atoms with Gasteiger partial charge in [-0.25, -0.2) is 4.79 Å². The van der Waals surface area contributed by atoms with Crippen molar-refractivity contribution in [2.24, 2.45) is 0 Å². The second-order valence-electron chi connectivity index (χ2n) is 8.60. The average molecular weight is 464 g/mol. The standard InChI is InChI=1S/C26H22ClNO5/c1-26(14-17-12-18(27)9-10-21(17)33-26)25(31)28-20-13-23(32-22-8-3-2-7-19(20)22)15-5-4-6-16(11-15)24(29)30/h2-12,20,23H,13-14H2,1H3,(H,28,31)(H,29,30)/t20-,23-,26+/m1/s1. The molecule has 2 aliphatic rings. The molecule has 3 atom stereocenters. The summed E-state index contributed by atoms with van der Waals surface area (Å²) >= 11 is 6.11. The normalized spacial score (nSPS) is 23.0. The summed E-state index contributed by atoms with van der Waals surface area (Å²) in [5.74, 6) is 0.0959. The van der Waals surface area contributed by atoms with E-state index in [4.69, 9.17) is 21.1 Å². The molecule has 1 amide bonds. The van der Waals surface area contributed by atoms with Crippen LogP contribution in [-0.4, -0.2) is 22.6 Å². The molecule has 0 spiro atoms. The fraction of sp³-hybridized carbons (Fsp3) is 0.231. The molecule has 2 heterocycles. The zero-order chi connectivity index (χ0) is 23.2. The number of carbonyl (C=O) groups is 2. The topological polar surface area (TPSA) is 84.9 Å². The Labute approximate surface area is 196 Å².